The zero-order chi connectivity index (χ0) is 18.8. The van der Waals surface area contributed by atoms with Gasteiger partial charge in [0, 0.05) is 26.2 Å². The highest BCUT2D eigenvalue weighted by Crippen LogP contribution is 2.10. The van der Waals surface area contributed by atoms with Crippen molar-refractivity contribution in [3.05, 3.63) is 35.4 Å². The Bertz CT molecular complexity index is 361. The van der Waals surface area contributed by atoms with Crippen molar-refractivity contribution >= 4 is 0 Å². The van der Waals surface area contributed by atoms with E-state index in [1.165, 1.54) is 17.5 Å². The standard InChI is InChI=1S/C14H22N2O.C3H8.2C2H6/c1-15(2)11-13-4-3-5-14(10-13)12-16-6-8-17-9-7-16;1-3-2;2*1-2/h3-5,10H,6-9,11-12H2,1-2H3;3H2,1-2H3;2*1-2H3. The van der Waals surface area contributed by atoms with Gasteiger partial charge < -0.3 is 9.64 Å². The summed E-state index contributed by atoms with van der Waals surface area (Å²) in [6.07, 6.45) is 1.25. The monoisotopic (exact) mass is 338 g/mol. The van der Waals surface area contributed by atoms with Crippen LogP contribution < -0.4 is 0 Å². The molecule has 1 aromatic rings. The second-order valence-electron chi connectivity index (χ2n) is 5.65. The van der Waals surface area contributed by atoms with Crippen LogP contribution >= 0.6 is 0 Å². The molecule has 1 aliphatic heterocycles. The SMILES string of the molecule is CC.CC.CCC.CN(C)Cc1cccc(CN2CCOCC2)c1. The summed E-state index contributed by atoms with van der Waals surface area (Å²) in [5, 5.41) is 0. The maximum absolute atomic E-state index is 5.37. The van der Waals surface area contributed by atoms with Crippen LogP contribution in [0.2, 0.25) is 0 Å². The van der Waals surface area contributed by atoms with Crippen molar-refractivity contribution in [3.63, 3.8) is 0 Å². The Morgan fingerprint density at radius 2 is 1.46 bits per heavy atom. The Labute approximate surface area is 152 Å². The zero-order valence-corrected chi connectivity index (χ0v) is 17.6. The fraction of sp³-hybridized carbons (Fsp3) is 0.714. The molecule has 1 aliphatic rings. The van der Waals surface area contributed by atoms with Crippen molar-refractivity contribution in [1.82, 2.24) is 9.80 Å². The average molecular weight is 339 g/mol. The molecule has 0 saturated carbocycles. The van der Waals surface area contributed by atoms with Gasteiger partial charge in [0.2, 0.25) is 0 Å². The molecule has 1 fully saturated rings. The van der Waals surface area contributed by atoms with Crippen LogP contribution in [0.1, 0.15) is 59.1 Å². The highest BCUT2D eigenvalue weighted by Gasteiger charge is 2.10. The lowest BCUT2D eigenvalue weighted by Gasteiger charge is -2.26. The van der Waals surface area contributed by atoms with Crippen LogP contribution in [0.25, 0.3) is 0 Å². The van der Waals surface area contributed by atoms with E-state index in [0.717, 1.165) is 39.4 Å². The molecule has 142 valence electrons. The number of hydrogen-bond acceptors (Lipinski definition) is 3. The number of morpholine rings is 1. The van der Waals surface area contributed by atoms with Crippen LogP contribution in [0.4, 0.5) is 0 Å². The topological polar surface area (TPSA) is 15.7 Å². The van der Waals surface area contributed by atoms with Gasteiger partial charge in [0.15, 0.2) is 0 Å². The normalized spacial score (nSPS) is 13.7. The van der Waals surface area contributed by atoms with Gasteiger partial charge in [0.1, 0.15) is 0 Å². The summed E-state index contributed by atoms with van der Waals surface area (Å²) in [7, 11) is 4.21. The fourth-order valence-corrected chi connectivity index (χ4v) is 2.21. The molecule has 2 rings (SSSR count). The molecule has 0 N–H and O–H groups in total. The molecule has 24 heavy (non-hydrogen) atoms. The number of benzene rings is 1. The van der Waals surface area contributed by atoms with E-state index in [0.29, 0.717) is 0 Å². The number of hydrogen-bond donors (Lipinski definition) is 0. The lowest BCUT2D eigenvalue weighted by molar-refractivity contribution is 0.0342. The third kappa shape index (κ3) is 13.5. The predicted octanol–water partition coefficient (Wildman–Crippen LogP) is 5.05. The van der Waals surface area contributed by atoms with Gasteiger partial charge >= 0.3 is 0 Å². The Morgan fingerprint density at radius 3 is 1.96 bits per heavy atom. The lowest BCUT2D eigenvalue weighted by atomic mass is 10.1. The summed E-state index contributed by atoms with van der Waals surface area (Å²) in [5.74, 6) is 0. The molecule has 0 atom stereocenters. The first-order chi connectivity index (χ1) is 11.7. The second kappa shape index (κ2) is 18.4. The van der Waals surface area contributed by atoms with Crippen LogP contribution in [0.5, 0.6) is 0 Å². The van der Waals surface area contributed by atoms with E-state index in [1.807, 2.05) is 27.7 Å². The van der Waals surface area contributed by atoms with Crippen molar-refractivity contribution in [2.75, 3.05) is 40.4 Å². The number of ether oxygens (including phenoxy) is 1. The highest BCUT2D eigenvalue weighted by atomic mass is 16.5. The van der Waals surface area contributed by atoms with Crippen molar-refractivity contribution < 1.29 is 4.74 Å². The smallest absolute Gasteiger partial charge is 0.0594 e. The van der Waals surface area contributed by atoms with Crippen LogP contribution in [0.3, 0.4) is 0 Å². The van der Waals surface area contributed by atoms with E-state index in [-0.39, 0.29) is 0 Å². The van der Waals surface area contributed by atoms with Crippen molar-refractivity contribution in [1.29, 1.82) is 0 Å². The minimum atomic E-state index is 0.872. The number of nitrogens with zero attached hydrogens (tertiary/aromatic N) is 2. The fourth-order valence-electron chi connectivity index (χ4n) is 2.21. The summed E-state index contributed by atoms with van der Waals surface area (Å²) >= 11 is 0. The minimum absolute atomic E-state index is 0.872. The summed E-state index contributed by atoms with van der Waals surface area (Å²) in [6.45, 7) is 18.2. The van der Waals surface area contributed by atoms with Gasteiger partial charge in [-0.1, -0.05) is 72.2 Å². The van der Waals surface area contributed by atoms with E-state index in [4.69, 9.17) is 4.74 Å². The quantitative estimate of drug-likeness (QED) is 0.764. The van der Waals surface area contributed by atoms with Gasteiger partial charge in [-0.15, -0.1) is 0 Å². The molecule has 0 spiro atoms. The molecule has 3 heteroatoms. The van der Waals surface area contributed by atoms with E-state index in [2.05, 4.69) is 62.0 Å². The van der Waals surface area contributed by atoms with Crippen molar-refractivity contribution in [2.45, 2.75) is 61.1 Å². The van der Waals surface area contributed by atoms with E-state index in [1.54, 1.807) is 0 Å². The van der Waals surface area contributed by atoms with E-state index >= 15 is 0 Å². The molecule has 1 aromatic carbocycles. The first-order valence-electron chi connectivity index (χ1n) is 9.68. The lowest BCUT2D eigenvalue weighted by Crippen LogP contribution is -2.35. The molecule has 1 saturated heterocycles. The van der Waals surface area contributed by atoms with Gasteiger partial charge in [-0.25, -0.2) is 0 Å². The highest BCUT2D eigenvalue weighted by molar-refractivity contribution is 5.23. The molecule has 0 bridgehead atoms. The Morgan fingerprint density at radius 1 is 0.958 bits per heavy atom. The van der Waals surface area contributed by atoms with Gasteiger partial charge in [0.25, 0.3) is 0 Å². The molecule has 3 nitrogen and oxygen atoms in total. The molecule has 0 aromatic heterocycles. The van der Waals surface area contributed by atoms with Crippen molar-refractivity contribution in [2.24, 2.45) is 0 Å². The third-order valence-corrected chi connectivity index (χ3v) is 3.00. The maximum Gasteiger partial charge on any atom is 0.0594 e. The molecule has 0 unspecified atom stereocenters. The maximum atomic E-state index is 5.37. The molecular formula is C21H42N2O. The largest absolute Gasteiger partial charge is 0.379 e. The molecule has 0 radical (unpaired) electrons. The zero-order valence-electron chi connectivity index (χ0n) is 17.6. The summed E-state index contributed by atoms with van der Waals surface area (Å²) in [5.41, 5.74) is 2.80. The third-order valence-electron chi connectivity index (χ3n) is 3.00. The Kier molecular flexibility index (Phi) is 19.5. The Hall–Kier alpha value is -0.900. The minimum Gasteiger partial charge on any atom is -0.379 e. The number of rotatable bonds is 4. The summed E-state index contributed by atoms with van der Waals surface area (Å²) < 4.78 is 5.37. The van der Waals surface area contributed by atoms with E-state index < -0.39 is 0 Å². The van der Waals surface area contributed by atoms with Gasteiger partial charge in [-0.05, 0) is 25.2 Å². The first-order valence-corrected chi connectivity index (χ1v) is 9.68. The van der Waals surface area contributed by atoms with Crippen LogP contribution in [0.15, 0.2) is 24.3 Å². The van der Waals surface area contributed by atoms with E-state index in [9.17, 15) is 0 Å². The van der Waals surface area contributed by atoms with Crippen LogP contribution in [-0.4, -0.2) is 50.2 Å². The Balaban J connectivity index is 0. The molecule has 0 aliphatic carbocycles. The summed E-state index contributed by atoms with van der Waals surface area (Å²) in [6, 6.07) is 8.89. The second-order valence-corrected chi connectivity index (χ2v) is 5.65. The average Bonchev–Trinajstić information content (AvgIpc) is 2.60. The van der Waals surface area contributed by atoms with Gasteiger partial charge in [-0.3, -0.25) is 4.90 Å². The van der Waals surface area contributed by atoms with Crippen LogP contribution in [0, 0.1) is 0 Å². The predicted molar refractivity (Wildman–Crippen MR) is 109 cm³/mol. The van der Waals surface area contributed by atoms with Gasteiger partial charge in [-0.2, -0.15) is 0 Å². The first kappa shape index (κ1) is 25.3. The van der Waals surface area contributed by atoms with Crippen molar-refractivity contribution in [3.8, 4) is 0 Å². The van der Waals surface area contributed by atoms with Gasteiger partial charge in [0.05, 0.1) is 13.2 Å². The molecular weight excluding hydrogens is 296 g/mol. The molecule has 0 amide bonds. The molecule has 1 heterocycles. The van der Waals surface area contributed by atoms with Crippen LogP contribution in [-0.2, 0) is 17.8 Å². The summed E-state index contributed by atoms with van der Waals surface area (Å²) in [4.78, 5) is 4.66.